The van der Waals surface area contributed by atoms with Gasteiger partial charge in [-0.25, -0.2) is 4.39 Å². The Kier molecular flexibility index (Phi) is 2.92. The molecule has 0 radical (unpaired) electrons. The summed E-state index contributed by atoms with van der Waals surface area (Å²) in [4.78, 5) is 0. The van der Waals surface area contributed by atoms with E-state index in [0.717, 1.165) is 28.3 Å². The third kappa shape index (κ3) is 2.18. The van der Waals surface area contributed by atoms with Crippen LogP contribution in [0, 0.1) is 23.1 Å². The Morgan fingerprint density at radius 2 is 1.75 bits per heavy atom. The van der Waals surface area contributed by atoms with Gasteiger partial charge in [0.2, 0.25) is 0 Å². The van der Waals surface area contributed by atoms with E-state index in [4.69, 9.17) is 0 Å². The van der Waals surface area contributed by atoms with Crippen LogP contribution in [0.15, 0.2) is 40.9 Å². The molecule has 2 heteroatoms. The van der Waals surface area contributed by atoms with Crippen LogP contribution in [0.2, 0.25) is 0 Å². The van der Waals surface area contributed by atoms with E-state index >= 15 is 0 Å². The first-order chi connectivity index (χ1) is 9.67. The quantitative estimate of drug-likeness (QED) is 0.619. The lowest BCUT2D eigenvalue weighted by Crippen LogP contribution is -2.23. The van der Waals surface area contributed by atoms with Crippen LogP contribution in [-0.4, -0.2) is 0 Å². The Labute approximate surface area is 127 Å². The summed E-state index contributed by atoms with van der Waals surface area (Å²) >= 11 is 3.41. The minimum atomic E-state index is -0.159. The van der Waals surface area contributed by atoms with Crippen molar-refractivity contribution in [3.05, 3.63) is 52.3 Å². The average molecular weight is 333 g/mol. The summed E-state index contributed by atoms with van der Waals surface area (Å²) in [6.45, 7) is 0. The monoisotopic (exact) mass is 332 g/mol. The minimum Gasteiger partial charge on any atom is -0.207 e. The summed E-state index contributed by atoms with van der Waals surface area (Å²) in [7, 11) is 0. The molecule has 2 fully saturated rings. The van der Waals surface area contributed by atoms with Crippen LogP contribution in [0.5, 0.6) is 0 Å². The van der Waals surface area contributed by atoms with Gasteiger partial charge in [0.05, 0.1) is 0 Å². The topological polar surface area (TPSA) is 0 Å². The first kappa shape index (κ1) is 12.8. The number of hydrogen-bond donors (Lipinski definition) is 0. The maximum absolute atomic E-state index is 13.6. The molecule has 4 rings (SSSR count). The molecule has 0 unspecified atom stereocenters. The normalized spacial score (nSPS) is 24.6. The Bertz CT molecular complexity index is 574. The van der Waals surface area contributed by atoms with Crippen LogP contribution in [0.3, 0.4) is 0 Å². The van der Waals surface area contributed by atoms with Gasteiger partial charge in [0.1, 0.15) is 5.82 Å². The number of rotatable bonds is 3. The van der Waals surface area contributed by atoms with Gasteiger partial charge in [0.25, 0.3) is 0 Å². The highest BCUT2D eigenvalue weighted by Crippen LogP contribution is 2.61. The molecular weight excluding hydrogens is 315 g/mol. The van der Waals surface area contributed by atoms with Crippen LogP contribution >= 0.6 is 15.9 Å². The summed E-state index contributed by atoms with van der Waals surface area (Å²) in [6, 6.07) is 5.23. The molecular formula is C18H18BrF. The van der Waals surface area contributed by atoms with Crippen LogP contribution in [0.1, 0.15) is 37.7 Å². The molecule has 0 bridgehead atoms. The van der Waals surface area contributed by atoms with Gasteiger partial charge in [0.15, 0.2) is 0 Å². The molecule has 0 amide bonds. The molecule has 104 valence electrons. The van der Waals surface area contributed by atoms with E-state index in [1.807, 2.05) is 6.07 Å². The fraction of sp³-hybridized carbons (Fsp3) is 0.444. The van der Waals surface area contributed by atoms with Gasteiger partial charge in [-0.3, -0.25) is 0 Å². The van der Waals surface area contributed by atoms with Gasteiger partial charge in [-0.05, 0) is 73.3 Å². The molecule has 20 heavy (non-hydrogen) atoms. The highest BCUT2D eigenvalue weighted by molar-refractivity contribution is 9.10. The highest BCUT2D eigenvalue weighted by Gasteiger charge is 2.51. The molecule has 3 aliphatic rings. The van der Waals surface area contributed by atoms with Crippen molar-refractivity contribution in [2.75, 3.05) is 0 Å². The van der Waals surface area contributed by atoms with Gasteiger partial charge in [-0.2, -0.15) is 0 Å². The predicted octanol–water partition coefficient (Wildman–Crippen LogP) is 5.74. The summed E-state index contributed by atoms with van der Waals surface area (Å²) in [5.74, 6) is 1.50. The summed E-state index contributed by atoms with van der Waals surface area (Å²) in [6.07, 6.45) is 13.6. The summed E-state index contributed by atoms with van der Waals surface area (Å²) in [5, 5.41) is 0. The van der Waals surface area contributed by atoms with E-state index in [1.165, 1.54) is 37.3 Å². The first-order valence-electron chi connectivity index (χ1n) is 7.53. The number of halogens is 2. The number of benzene rings is 1. The van der Waals surface area contributed by atoms with Gasteiger partial charge in [0, 0.05) is 9.89 Å². The molecule has 1 aromatic carbocycles. The summed E-state index contributed by atoms with van der Waals surface area (Å²) < 4.78 is 14.5. The largest absolute Gasteiger partial charge is 0.207 e. The van der Waals surface area contributed by atoms with E-state index in [0.29, 0.717) is 0 Å². The van der Waals surface area contributed by atoms with Crippen molar-refractivity contribution in [2.45, 2.75) is 32.1 Å². The fourth-order valence-electron chi connectivity index (χ4n) is 3.75. The average Bonchev–Trinajstić information content (AvgIpc) is 3.30. The van der Waals surface area contributed by atoms with Crippen molar-refractivity contribution < 1.29 is 4.39 Å². The molecule has 3 aliphatic carbocycles. The van der Waals surface area contributed by atoms with Crippen molar-refractivity contribution in [1.82, 2.24) is 0 Å². The van der Waals surface area contributed by atoms with E-state index in [1.54, 1.807) is 6.07 Å². The molecule has 0 spiro atoms. The predicted molar refractivity (Wildman–Crippen MR) is 83.7 cm³/mol. The second kappa shape index (κ2) is 4.56. The van der Waals surface area contributed by atoms with Gasteiger partial charge in [-0.15, -0.1) is 0 Å². The van der Waals surface area contributed by atoms with Crippen LogP contribution in [-0.2, 0) is 0 Å². The Morgan fingerprint density at radius 3 is 2.35 bits per heavy atom. The van der Waals surface area contributed by atoms with Crippen molar-refractivity contribution in [2.24, 2.45) is 17.3 Å². The lowest BCUT2D eigenvalue weighted by atomic mass is 9.72. The lowest BCUT2D eigenvalue weighted by Gasteiger charge is -2.32. The molecule has 2 saturated carbocycles. The van der Waals surface area contributed by atoms with Crippen molar-refractivity contribution in [1.29, 1.82) is 0 Å². The fourth-order valence-corrected chi connectivity index (χ4v) is 4.21. The maximum atomic E-state index is 13.6. The van der Waals surface area contributed by atoms with E-state index in [9.17, 15) is 4.39 Å². The van der Waals surface area contributed by atoms with E-state index in [2.05, 4.69) is 34.2 Å². The standard InChI is InChI=1S/C18H18BrF/c19-16-8-13(9-17(20)10-16)12-2-1-7-18(11-12,14-3-4-14)15-5-6-15/h1,7-11,14-15H,2-6H2. The minimum absolute atomic E-state index is 0.159. The SMILES string of the molecule is Fc1cc(Br)cc(C2=CC(C3CC3)(C3CC3)C=CC2)c1. The Hall–Kier alpha value is -0.890. The molecule has 0 atom stereocenters. The zero-order valence-corrected chi connectivity index (χ0v) is 13.0. The molecule has 0 aliphatic heterocycles. The van der Waals surface area contributed by atoms with Crippen molar-refractivity contribution in [3.8, 4) is 0 Å². The summed E-state index contributed by atoms with van der Waals surface area (Å²) in [5.41, 5.74) is 2.62. The molecule has 0 heterocycles. The molecule has 0 N–H and O–H groups in total. The smallest absolute Gasteiger partial charge is 0.124 e. The maximum Gasteiger partial charge on any atom is 0.124 e. The van der Waals surface area contributed by atoms with E-state index < -0.39 is 0 Å². The van der Waals surface area contributed by atoms with Crippen LogP contribution in [0.25, 0.3) is 5.57 Å². The second-order valence-corrected chi connectivity index (χ2v) is 7.40. The highest BCUT2D eigenvalue weighted by atomic mass is 79.9. The Balaban J connectivity index is 1.76. The lowest BCUT2D eigenvalue weighted by molar-refractivity contribution is 0.362. The first-order valence-corrected chi connectivity index (χ1v) is 8.32. The van der Waals surface area contributed by atoms with E-state index in [-0.39, 0.29) is 11.2 Å². The Morgan fingerprint density at radius 1 is 1.05 bits per heavy atom. The van der Waals surface area contributed by atoms with Crippen molar-refractivity contribution in [3.63, 3.8) is 0 Å². The zero-order chi connectivity index (χ0) is 13.7. The van der Waals surface area contributed by atoms with Gasteiger partial charge >= 0.3 is 0 Å². The molecule has 0 nitrogen and oxygen atoms in total. The third-order valence-electron chi connectivity index (χ3n) is 4.97. The number of hydrogen-bond acceptors (Lipinski definition) is 0. The van der Waals surface area contributed by atoms with Crippen LogP contribution in [0.4, 0.5) is 4.39 Å². The van der Waals surface area contributed by atoms with Crippen LogP contribution < -0.4 is 0 Å². The van der Waals surface area contributed by atoms with Gasteiger partial charge in [-0.1, -0.05) is 34.2 Å². The second-order valence-electron chi connectivity index (χ2n) is 6.48. The zero-order valence-electron chi connectivity index (χ0n) is 11.4. The molecule has 1 aromatic rings. The molecule has 0 aromatic heterocycles. The van der Waals surface area contributed by atoms with Gasteiger partial charge < -0.3 is 0 Å². The third-order valence-corrected chi connectivity index (χ3v) is 5.43. The number of allylic oxidation sites excluding steroid dienone is 4. The molecule has 0 saturated heterocycles. The van der Waals surface area contributed by atoms with Crippen molar-refractivity contribution >= 4 is 21.5 Å².